The summed E-state index contributed by atoms with van der Waals surface area (Å²) in [5, 5.41) is 2.66. The number of hydrogen-bond donors (Lipinski definition) is 1. The summed E-state index contributed by atoms with van der Waals surface area (Å²) in [5.74, 6) is 2.08. The molecule has 6 nitrogen and oxygen atoms in total. The van der Waals surface area contributed by atoms with Crippen LogP contribution in [-0.4, -0.2) is 56.3 Å². The van der Waals surface area contributed by atoms with Crippen LogP contribution in [0.1, 0.15) is 19.8 Å². The summed E-state index contributed by atoms with van der Waals surface area (Å²) >= 11 is 0. The first kappa shape index (κ1) is 18.7. The summed E-state index contributed by atoms with van der Waals surface area (Å²) in [6, 6.07) is 6.39. The van der Waals surface area contributed by atoms with Crippen molar-refractivity contribution in [3.8, 4) is 0 Å². The molecule has 2 aliphatic carbocycles. The monoisotopic (exact) mass is 389 g/mol. The largest absolute Gasteiger partial charge is 0.326 e. The number of nitrogens with zero attached hydrogens (tertiary/aromatic N) is 2. The van der Waals surface area contributed by atoms with Crippen molar-refractivity contribution in [2.45, 2.75) is 24.7 Å². The van der Waals surface area contributed by atoms with Crippen molar-refractivity contribution >= 4 is 21.6 Å². The Morgan fingerprint density at radius 1 is 1.07 bits per heavy atom. The van der Waals surface area contributed by atoms with Gasteiger partial charge < -0.3 is 10.2 Å². The van der Waals surface area contributed by atoms with Crippen molar-refractivity contribution < 1.29 is 13.2 Å². The highest BCUT2D eigenvalue weighted by molar-refractivity contribution is 7.89. The summed E-state index contributed by atoms with van der Waals surface area (Å²) in [4.78, 5) is 13.8. The molecule has 3 atom stereocenters. The summed E-state index contributed by atoms with van der Waals surface area (Å²) in [6.07, 6.45) is 7.35. The molecule has 1 amide bonds. The first-order chi connectivity index (χ1) is 12.9. The van der Waals surface area contributed by atoms with Crippen LogP contribution in [0.15, 0.2) is 41.3 Å². The van der Waals surface area contributed by atoms with Crippen LogP contribution in [0.2, 0.25) is 0 Å². The minimum atomic E-state index is -3.48. The van der Waals surface area contributed by atoms with Gasteiger partial charge in [-0.3, -0.25) is 4.79 Å². The molecular weight excluding hydrogens is 362 g/mol. The van der Waals surface area contributed by atoms with E-state index in [-0.39, 0.29) is 10.8 Å². The van der Waals surface area contributed by atoms with Crippen LogP contribution in [-0.2, 0) is 14.8 Å². The van der Waals surface area contributed by atoms with E-state index in [0.717, 1.165) is 37.4 Å². The van der Waals surface area contributed by atoms with Crippen molar-refractivity contribution in [3.05, 3.63) is 36.4 Å². The highest BCUT2D eigenvalue weighted by Gasteiger charge is 2.37. The molecule has 3 aliphatic rings. The van der Waals surface area contributed by atoms with Crippen molar-refractivity contribution in [1.29, 1.82) is 0 Å². The summed E-state index contributed by atoms with van der Waals surface area (Å²) < 4.78 is 27.4. The van der Waals surface area contributed by atoms with E-state index in [0.29, 0.717) is 18.8 Å². The van der Waals surface area contributed by atoms with Gasteiger partial charge in [-0.25, -0.2) is 8.42 Å². The van der Waals surface area contributed by atoms with Gasteiger partial charge in [0.05, 0.1) is 4.90 Å². The number of amides is 1. The van der Waals surface area contributed by atoms with E-state index < -0.39 is 10.0 Å². The van der Waals surface area contributed by atoms with Crippen LogP contribution >= 0.6 is 0 Å². The number of fused-ring (bicyclic) bond motifs is 2. The second kappa shape index (κ2) is 7.37. The van der Waals surface area contributed by atoms with Gasteiger partial charge >= 0.3 is 0 Å². The van der Waals surface area contributed by atoms with Crippen molar-refractivity contribution in [2.24, 2.45) is 17.8 Å². The number of piperazine rings is 1. The Bertz CT molecular complexity index is 827. The predicted octanol–water partition coefficient (Wildman–Crippen LogP) is 2.16. The normalized spacial score (nSPS) is 28.6. The molecule has 2 bridgehead atoms. The third kappa shape index (κ3) is 3.95. The first-order valence-corrected chi connectivity index (χ1v) is 11.1. The average molecular weight is 390 g/mol. The van der Waals surface area contributed by atoms with Gasteiger partial charge in [0.15, 0.2) is 0 Å². The number of hydrogen-bond acceptors (Lipinski definition) is 4. The zero-order chi connectivity index (χ0) is 19.0. The molecule has 0 spiro atoms. The number of benzene rings is 1. The summed E-state index contributed by atoms with van der Waals surface area (Å²) in [5.41, 5.74) is 0.603. The number of carbonyl (C=O) groups excluding carboxylic acids is 1. The fourth-order valence-electron chi connectivity index (χ4n) is 4.65. The van der Waals surface area contributed by atoms with E-state index in [1.165, 1.54) is 19.8 Å². The predicted molar refractivity (Wildman–Crippen MR) is 105 cm³/mol. The maximum Gasteiger partial charge on any atom is 0.243 e. The lowest BCUT2D eigenvalue weighted by Crippen LogP contribution is -2.49. The second-order valence-electron chi connectivity index (χ2n) is 7.95. The van der Waals surface area contributed by atoms with Gasteiger partial charge in [0, 0.05) is 45.3 Å². The highest BCUT2D eigenvalue weighted by atomic mass is 32.2. The van der Waals surface area contributed by atoms with Crippen LogP contribution < -0.4 is 5.32 Å². The smallest absolute Gasteiger partial charge is 0.243 e. The Morgan fingerprint density at radius 2 is 1.78 bits per heavy atom. The Labute approximate surface area is 161 Å². The number of anilines is 1. The summed E-state index contributed by atoms with van der Waals surface area (Å²) in [7, 11) is -3.48. The van der Waals surface area contributed by atoms with Crippen molar-refractivity contribution in [2.75, 3.05) is 38.0 Å². The Kier molecular flexibility index (Phi) is 5.09. The molecule has 146 valence electrons. The van der Waals surface area contributed by atoms with Gasteiger partial charge in [-0.2, -0.15) is 4.31 Å². The number of carbonyl (C=O) groups is 1. The molecule has 1 aromatic carbocycles. The molecule has 4 rings (SSSR count). The lowest BCUT2D eigenvalue weighted by atomic mass is 9.93. The van der Waals surface area contributed by atoms with Gasteiger partial charge in [-0.1, -0.05) is 12.2 Å². The van der Waals surface area contributed by atoms with Crippen LogP contribution in [0, 0.1) is 17.8 Å². The average Bonchev–Trinajstić information content (AvgIpc) is 3.25. The number of sulfonamides is 1. The topological polar surface area (TPSA) is 69.7 Å². The molecule has 1 aromatic rings. The molecule has 1 aliphatic heterocycles. The van der Waals surface area contributed by atoms with Gasteiger partial charge in [0.25, 0.3) is 0 Å². The SMILES string of the molecule is CC(=O)Nc1ccc(S(=O)(=O)N2CCN(C[C@@H]3C[C@H]4C=C[C@@H]3C4)CC2)cc1. The van der Waals surface area contributed by atoms with Crippen LogP contribution in [0.25, 0.3) is 0 Å². The van der Waals surface area contributed by atoms with E-state index in [2.05, 4.69) is 22.4 Å². The van der Waals surface area contributed by atoms with Crippen LogP contribution in [0.3, 0.4) is 0 Å². The minimum absolute atomic E-state index is 0.173. The molecule has 1 saturated carbocycles. The zero-order valence-corrected chi connectivity index (χ0v) is 16.5. The van der Waals surface area contributed by atoms with Gasteiger partial charge in [0.2, 0.25) is 15.9 Å². The molecule has 1 saturated heterocycles. The fraction of sp³-hybridized carbons (Fsp3) is 0.550. The quantitative estimate of drug-likeness (QED) is 0.784. The van der Waals surface area contributed by atoms with E-state index in [4.69, 9.17) is 0 Å². The molecule has 0 radical (unpaired) electrons. The summed E-state index contributed by atoms with van der Waals surface area (Å²) in [6.45, 7) is 5.17. The van der Waals surface area contributed by atoms with E-state index >= 15 is 0 Å². The second-order valence-corrected chi connectivity index (χ2v) is 9.89. The third-order valence-corrected chi connectivity index (χ3v) is 7.97. The van der Waals surface area contributed by atoms with E-state index in [9.17, 15) is 13.2 Å². The Morgan fingerprint density at radius 3 is 2.33 bits per heavy atom. The molecule has 1 heterocycles. The maximum atomic E-state index is 12.9. The molecule has 27 heavy (non-hydrogen) atoms. The van der Waals surface area contributed by atoms with E-state index in [1.807, 2.05) is 0 Å². The first-order valence-electron chi connectivity index (χ1n) is 9.70. The van der Waals surface area contributed by atoms with Gasteiger partial charge in [0.1, 0.15) is 0 Å². The molecule has 0 unspecified atom stereocenters. The van der Waals surface area contributed by atoms with Crippen molar-refractivity contribution in [1.82, 2.24) is 9.21 Å². The molecule has 7 heteroatoms. The molecular formula is C20H27N3O3S. The molecule has 1 N–H and O–H groups in total. The third-order valence-electron chi connectivity index (χ3n) is 6.05. The van der Waals surface area contributed by atoms with Gasteiger partial charge in [-0.15, -0.1) is 0 Å². The fourth-order valence-corrected chi connectivity index (χ4v) is 6.07. The van der Waals surface area contributed by atoms with E-state index in [1.54, 1.807) is 28.6 Å². The maximum absolute atomic E-state index is 12.9. The number of allylic oxidation sites excluding steroid dienone is 2. The minimum Gasteiger partial charge on any atom is -0.326 e. The Balaban J connectivity index is 1.34. The zero-order valence-electron chi connectivity index (χ0n) is 15.7. The van der Waals surface area contributed by atoms with Crippen LogP contribution in [0.5, 0.6) is 0 Å². The molecule has 2 fully saturated rings. The lowest BCUT2D eigenvalue weighted by Gasteiger charge is -2.36. The lowest BCUT2D eigenvalue weighted by molar-refractivity contribution is -0.114. The van der Waals surface area contributed by atoms with Crippen molar-refractivity contribution in [3.63, 3.8) is 0 Å². The Hall–Kier alpha value is -1.70. The molecule has 0 aromatic heterocycles. The standard InChI is InChI=1S/C20H27N3O3S/c1-15(24)21-19-4-6-20(7-5-19)27(25,26)23-10-8-22(9-11-23)14-18-13-16-2-3-17(18)12-16/h2-7,16-18H,8-14H2,1H3,(H,21,24)/t16-,17+,18-/m0/s1. The number of rotatable bonds is 5. The number of nitrogens with one attached hydrogen (secondary N) is 1. The van der Waals surface area contributed by atoms with Gasteiger partial charge in [-0.05, 0) is 54.9 Å². The highest BCUT2D eigenvalue weighted by Crippen LogP contribution is 2.43. The van der Waals surface area contributed by atoms with Crippen LogP contribution in [0.4, 0.5) is 5.69 Å².